The number of ketones is 1. The highest BCUT2D eigenvalue weighted by Crippen LogP contribution is 2.31. The molecule has 1 amide bonds. The zero-order valence-corrected chi connectivity index (χ0v) is 6.00. The van der Waals surface area contributed by atoms with Gasteiger partial charge in [-0.05, 0) is 12.1 Å². The van der Waals surface area contributed by atoms with E-state index in [0.29, 0.717) is 0 Å². The number of hydrogen-bond donors (Lipinski definition) is 2. The maximum absolute atomic E-state index is 11.0. The van der Waals surface area contributed by atoms with Gasteiger partial charge in [-0.1, -0.05) is 6.07 Å². The summed E-state index contributed by atoms with van der Waals surface area (Å²) in [6, 6.07) is 4.43. The van der Waals surface area contributed by atoms with Crippen molar-refractivity contribution < 1.29 is 14.7 Å². The van der Waals surface area contributed by atoms with Crippen LogP contribution < -0.4 is 5.32 Å². The fourth-order valence-corrected chi connectivity index (χ4v) is 1.15. The van der Waals surface area contributed by atoms with Crippen LogP contribution >= 0.6 is 0 Å². The van der Waals surface area contributed by atoms with Crippen molar-refractivity contribution in [1.82, 2.24) is 0 Å². The molecule has 0 aliphatic carbocycles. The topological polar surface area (TPSA) is 66.4 Å². The van der Waals surface area contributed by atoms with Crippen LogP contribution in [-0.4, -0.2) is 16.8 Å². The van der Waals surface area contributed by atoms with Crippen molar-refractivity contribution in [3.63, 3.8) is 0 Å². The number of aromatic hydroxyl groups is 1. The Morgan fingerprint density at radius 1 is 1.25 bits per heavy atom. The summed E-state index contributed by atoms with van der Waals surface area (Å²) in [6.45, 7) is 0. The van der Waals surface area contributed by atoms with E-state index in [1.807, 2.05) is 0 Å². The first-order chi connectivity index (χ1) is 5.70. The van der Waals surface area contributed by atoms with Gasteiger partial charge in [-0.25, -0.2) is 0 Å². The summed E-state index contributed by atoms with van der Waals surface area (Å²) >= 11 is 0. The second-order valence-corrected chi connectivity index (χ2v) is 2.48. The first kappa shape index (κ1) is 6.84. The smallest absolute Gasteiger partial charge is 0.296 e. The summed E-state index contributed by atoms with van der Waals surface area (Å²) in [4.78, 5) is 21.8. The van der Waals surface area contributed by atoms with Crippen LogP contribution in [0.15, 0.2) is 18.2 Å². The SMILES string of the molecule is O=C1Nc2c(O)cccc2C1=O. The monoisotopic (exact) mass is 163 g/mol. The Morgan fingerprint density at radius 3 is 2.67 bits per heavy atom. The maximum Gasteiger partial charge on any atom is 0.296 e. The minimum absolute atomic E-state index is 0.0771. The molecule has 1 aromatic carbocycles. The third-order valence-corrected chi connectivity index (χ3v) is 1.73. The Labute approximate surface area is 67.8 Å². The molecule has 0 bridgehead atoms. The van der Waals surface area contributed by atoms with Crippen molar-refractivity contribution >= 4 is 17.4 Å². The van der Waals surface area contributed by atoms with E-state index in [9.17, 15) is 14.7 Å². The van der Waals surface area contributed by atoms with E-state index >= 15 is 0 Å². The third-order valence-electron chi connectivity index (χ3n) is 1.73. The molecule has 1 aromatic rings. The highest BCUT2D eigenvalue weighted by Gasteiger charge is 2.29. The standard InChI is InChI=1S/C8H5NO3/c10-5-3-1-2-4-6(5)9-8(12)7(4)11/h1-3,10H,(H,9,11,12). The van der Waals surface area contributed by atoms with E-state index in [0.717, 1.165) is 0 Å². The molecule has 0 saturated heterocycles. The van der Waals surface area contributed by atoms with Gasteiger partial charge in [-0.15, -0.1) is 0 Å². The molecule has 1 aliphatic heterocycles. The van der Waals surface area contributed by atoms with Crippen molar-refractivity contribution in [2.24, 2.45) is 0 Å². The Kier molecular flexibility index (Phi) is 1.18. The minimum atomic E-state index is -0.688. The van der Waals surface area contributed by atoms with Crippen LogP contribution in [0.4, 0.5) is 5.69 Å². The molecule has 0 aromatic heterocycles. The van der Waals surface area contributed by atoms with Gasteiger partial charge >= 0.3 is 0 Å². The molecule has 12 heavy (non-hydrogen) atoms. The molecule has 4 heteroatoms. The average Bonchev–Trinajstić information content (AvgIpc) is 2.32. The summed E-state index contributed by atoms with van der Waals surface area (Å²) in [5.41, 5.74) is 0.451. The van der Waals surface area contributed by atoms with Crippen molar-refractivity contribution in [3.05, 3.63) is 23.8 Å². The summed E-state index contributed by atoms with van der Waals surface area (Å²) in [5.74, 6) is -1.36. The van der Waals surface area contributed by atoms with Gasteiger partial charge in [0.15, 0.2) is 0 Å². The molecule has 0 fully saturated rings. The molecule has 0 radical (unpaired) electrons. The zero-order chi connectivity index (χ0) is 8.72. The molecule has 0 spiro atoms. The van der Waals surface area contributed by atoms with E-state index in [1.54, 1.807) is 0 Å². The Balaban J connectivity index is 2.68. The lowest BCUT2D eigenvalue weighted by Gasteiger charge is -1.97. The van der Waals surface area contributed by atoms with E-state index in [2.05, 4.69) is 5.32 Å². The van der Waals surface area contributed by atoms with Crippen molar-refractivity contribution in [1.29, 1.82) is 0 Å². The number of amides is 1. The predicted molar refractivity (Wildman–Crippen MR) is 41.1 cm³/mol. The Hall–Kier alpha value is -1.84. The van der Waals surface area contributed by atoms with Crippen LogP contribution in [0.5, 0.6) is 5.75 Å². The number of carbonyl (C=O) groups is 2. The quantitative estimate of drug-likeness (QED) is 0.433. The largest absolute Gasteiger partial charge is 0.506 e. The second-order valence-electron chi connectivity index (χ2n) is 2.48. The van der Waals surface area contributed by atoms with Gasteiger partial charge in [0.2, 0.25) is 0 Å². The zero-order valence-electron chi connectivity index (χ0n) is 6.00. The van der Waals surface area contributed by atoms with Crippen molar-refractivity contribution in [2.75, 3.05) is 5.32 Å². The number of Topliss-reactive ketones (excluding diaryl/α,β-unsaturated/α-hetero) is 1. The molecule has 2 rings (SSSR count). The van der Waals surface area contributed by atoms with Crippen molar-refractivity contribution in [3.8, 4) is 5.75 Å². The third kappa shape index (κ3) is 0.717. The molecular formula is C8H5NO3. The first-order valence-electron chi connectivity index (χ1n) is 3.38. The number of benzene rings is 1. The average molecular weight is 163 g/mol. The second kappa shape index (κ2) is 2.07. The van der Waals surface area contributed by atoms with Gasteiger partial charge in [0.05, 0.1) is 11.3 Å². The molecular weight excluding hydrogens is 158 g/mol. The minimum Gasteiger partial charge on any atom is -0.506 e. The van der Waals surface area contributed by atoms with Crippen LogP contribution in [0.3, 0.4) is 0 Å². The normalized spacial score (nSPS) is 14.3. The number of fused-ring (bicyclic) bond motifs is 1. The number of hydrogen-bond acceptors (Lipinski definition) is 3. The molecule has 0 unspecified atom stereocenters. The fraction of sp³-hybridized carbons (Fsp3) is 0. The van der Waals surface area contributed by atoms with Gasteiger partial charge in [-0.3, -0.25) is 9.59 Å². The maximum atomic E-state index is 11.0. The van der Waals surface area contributed by atoms with Crippen molar-refractivity contribution in [2.45, 2.75) is 0 Å². The molecule has 1 heterocycles. The Bertz CT molecular complexity index is 384. The summed E-state index contributed by atoms with van der Waals surface area (Å²) < 4.78 is 0. The highest BCUT2D eigenvalue weighted by molar-refractivity contribution is 6.52. The van der Waals surface area contributed by atoms with Crippen LogP contribution in [0, 0.1) is 0 Å². The predicted octanol–water partition coefficient (Wildman–Crippen LogP) is 0.527. The van der Waals surface area contributed by atoms with E-state index in [4.69, 9.17) is 0 Å². The fourth-order valence-electron chi connectivity index (χ4n) is 1.15. The summed E-state index contributed by atoms with van der Waals surface area (Å²) in [6.07, 6.45) is 0. The lowest BCUT2D eigenvalue weighted by Crippen LogP contribution is -2.12. The number of nitrogens with one attached hydrogen (secondary N) is 1. The molecule has 0 atom stereocenters. The van der Waals surface area contributed by atoms with Gasteiger partial charge in [0.25, 0.3) is 11.7 Å². The molecule has 60 valence electrons. The number of anilines is 1. The van der Waals surface area contributed by atoms with Gasteiger partial charge in [0.1, 0.15) is 5.75 Å². The van der Waals surface area contributed by atoms with Gasteiger partial charge in [0, 0.05) is 0 Å². The molecule has 4 nitrogen and oxygen atoms in total. The molecule has 2 N–H and O–H groups in total. The van der Waals surface area contributed by atoms with E-state index in [1.165, 1.54) is 18.2 Å². The lowest BCUT2D eigenvalue weighted by molar-refractivity contribution is -0.112. The van der Waals surface area contributed by atoms with Crippen LogP contribution in [0.1, 0.15) is 10.4 Å². The lowest BCUT2D eigenvalue weighted by atomic mass is 10.1. The molecule has 0 saturated carbocycles. The Morgan fingerprint density at radius 2 is 2.00 bits per heavy atom. The first-order valence-corrected chi connectivity index (χ1v) is 3.38. The van der Waals surface area contributed by atoms with E-state index in [-0.39, 0.29) is 17.0 Å². The van der Waals surface area contributed by atoms with Gasteiger partial charge < -0.3 is 10.4 Å². The highest BCUT2D eigenvalue weighted by atomic mass is 16.3. The molecule has 1 aliphatic rings. The number of para-hydroxylation sites is 1. The summed E-state index contributed by atoms with van der Waals surface area (Å²) in [5, 5.41) is 11.5. The number of rotatable bonds is 0. The van der Waals surface area contributed by atoms with Crippen LogP contribution in [0.25, 0.3) is 0 Å². The van der Waals surface area contributed by atoms with E-state index < -0.39 is 11.7 Å². The number of phenolic OH excluding ortho intramolecular Hbond substituents is 1. The number of carbonyl (C=O) groups excluding carboxylic acids is 2. The summed E-state index contributed by atoms with van der Waals surface area (Å²) in [7, 11) is 0. The van der Waals surface area contributed by atoms with Gasteiger partial charge in [-0.2, -0.15) is 0 Å². The number of phenols is 1. The van der Waals surface area contributed by atoms with Crippen LogP contribution in [0.2, 0.25) is 0 Å². The van der Waals surface area contributed by atoms with Crippen LogP contribution in [-0.2, 0) is 4.79 Å².